The minimum Gasteiger partial charge on any atom is -0.309 e. The van der Waals surface area contributed by atoms with Gasteiger partial charge in [-0.05, 0) is 132 Å². The number of fused-ring (bicyclic) bond motifs is 18. The first-order valence-electron chi connectivity index (χ1n) is 24.3. The van der Waals surface area contributed by atoms with Gasteiger partial charge in [0.15, 0.2) is 0 Å². The van der Waals surface area contributed by atoms with Gasteiger partial charge >= 0.3 is 0 Å². The number of hydrogen-bond donors (Lipinski definition) is 0. The topological polar surface area (TPSA) is 27.2 Å². The van der Waals surface area contributed by atoms with Gasteiger partial charge in [0.05, 0.1) is 50.0 Å². The van der Waals surface area contributed by atoms with E-state index in [2.05, 4.69) is 215 Å². The Bertz CT molecular complexity index is 4000. The third-order valence-electron chi connectivity index (χ3n) is 15.9. The van der Waals surface area contributed by atoms with Crippen LogP contribution in [0.15, 0.2) is 97.2 Å². The highest BCUT2D eigenvalue weighted by Crippen LogP contribution is 2.51. The molecule has 5 heteroatoms. The Morgan fingerprint density at radius 3 is 1.30 bits per heavy atom. The number of pyridine rings is 1. The molecule has 0 bridgehead atoms. The minimum atomic E-state index is -0.0680. The quantitative estimate of drug-likeness (QED) is 0.140. The normalized spacial score (nSPS) is 14.6. The highest BCUT2D eigenvalue weighted by Gasteiger charge is 2.45. The van der Waals surface area contributed by atoms with Gasteiger partial charge in [0.25, 0.3) is 6.71 Å². The molecule has 0 fully saturated rings. The van der Waals surface area contributed by atoms with E-state index in [4.69, 9.17) is 4.98 Å². The average molecular weight is 861 g/mol. The molecule has 4 nitrogen and oxygen atoms in total. The summed E-state index contributed by atoms with van der Waals surface area (Å²) in [6.07, 6.45) is 2.10. The molecule has 0 saturated carbocycles. The zero-order valence-corrected chi connectivity index (χ0v) is 41.6. The number of benzene rings is 6. The molecule has 66 heavy (non-hydrogen) atoms. The molecule has 0 saturated heterocycles. The van der Waals surface area contributed by atoms with Crippen LogP contribution in [0, 0.1) is 0 Å². The van der Waals surface area contributed by atoms with Crippen molar-refractivity contribution in [1.29, 1.82) is 0 Å². The smallest absolute Gasteiger partial charge is 0.252 e. The van der Waals surface area contributed by atoms with Crippen molar-refractivity contribution in [1.82, 2.24) is 18.5 Å². The summed E-state index contributed by atoms with van der Waals surface area (Å²) >= 11 is 0. The Morgan fingerprint density at radius 1 is 0.379 bits per heavy atom. The van der Waals surface area contributed by atoms with E-state index < -0.39 is 0 Å². The summed E-state index contributed by atoms with van der Waals surface area (Å²) in [5.41, 5.74) is 23.4. The fourth-order valence-electron chi connectivity index (χ4n) is 12.3. The predicted octanol–water partition coefficient (Wildman–Crippen LogP) is 14.1. The van der Waals surface area contributed by atoms with Crippen molar-refractivity contribution < 1.29 is 0 Å². The Balaban J connectivity index is 1.37. The molecule has 328 valence electrons. The Morgan fingerprint density at radius 2 is 0.803 bits per heavy atom. The zero-order valence-electron chi connectivity index (χ0n) is 41.6. The summed E-state index contributed by atoms with van der Waals surface area (Å²) in [5, 5.41) is 9.25. The lowest BCUT2D eigenvalue weighted by Gasteiger charge is -2.35. The monoisotopic (exact) mass is 860 g/mol. The molecule has 2 aliphatic rings. The number of hydrogen-bond acceptors (Lipinski definition) is 1. The molecule has 5 aromatic heterocycles. The zero-order chi connectivity index (χ0) is 46.3. The highest BCUT2D eigenvalue weighted by atomic mass is 15.1. The molecule has 6 aromatic carbocycles. The van der Waals surface area contributed by atoms with Crippen LogP contribution in [-0.4, -0.2) is 25.2 Å². The second-order valence-corrected chi connectivity index (χ2v) is 25.4. The summed E-state index contributed by atoms with van der Waals surface area (Å²) in [7, 11) is 0. The van der Waals surface area contributed by atoms with Gasteiger partial charge in [0.1, 0.15) is 0 Å². The van der Waals surface area contributed by atoms with Gasteiger partial charge < -0.3 is 13.5 Å². The van der Waals surface area contributed by atoms with Crippen molar-refractivity contribution in [3.05, 3.63) is 125 Å². The maximum atomic E-state index is 5.35. The molecular weight excluding hydrogens is 800 g/mol. The van der Waals surface area contributed by atoms with Gasteiger partial charge in [0.2, 0.25) is 0 Å². The minimum absolute atomic E-state index is 0.000731. The van der Waals surface area contributed by atoms with Gasteiger partial charge in [-0.15, -0.1) is 0 Å². The van der Waals surface area contributed by atoms with Crippen LogP contribution < -0.4 is 16.4 Å². The fourth-order valence-corrected chi connectivity index (χ4v) is 12.3. The standard InChI is InChI=1S/C61H61BN4/c1-57(2,3)32-16-20-44-37(26-32)38-30-36(61(13,14)15)31-43-52(38)65(44)55-48-39-27-33(58(4,5)6)17-21-45(39)64-46-22-18-34(59(7,8)9)28-40(46)49(54(48)64)56-50(55)62(43)42-24-25-63-51-41-29-35(60(10,11)12)19-23-47(41)66(56)53(42)51/h16-31H,1-15H3. The molecule has 0 spiro atoms. The first-order valence-corrected chi connectivity index (χ1v) is 24.3. The second-order valence-electron chi connectivity index (χ2n) is 25.4. The number of rotatable bonds is 0. The fraction of sp³-hybridized carbons (Fsp3) is 0.328. The molecule has 11 aromatic rings. The molecule has 0 amide bonds. The SMILES string of the molecule is CC(C)(C)c1ccc2c(c1)c1cc(C(C)(C)C)cc3c1n2-c1c2c(c4c5cc(C(C)(C)C)ccc5n5c6ccc(C(C)(C)C)cc6c1c45)-n1c4ccc(C(C)(C)C)cc4c4nccc(c41)B23. The third-order valence-corrected chi connectivity index (χ3v) is 15.9. The molecule has 2 aliphatic heterocycles. The number of nitrogens with zero attached hydrogens (tertiary/aromatic N) is 4. The summed E-state index contributed by atoms with van der Waals surface area (Å²) in [5.74, 6) is 0. The van der Waals surface area contributed by atoms with E-state index in [0.717, 1.165) is 5.52 Å². The van der Waals surface area contributed by atoms with Crippen LogP contribution in [0.3, 0.4) is 0 Å². The maximum absolute atomic E-state index is 5.35. The van der Waals surface area contributed by atoms with Crippen LogP contribution >= 0.6 is 0 Å². The molecular formula is C61H61BN4. The molecule has 13 rings (SSSR count). The van der Waals surface area contributed by atoms with Crippen LogP contribution in [0.2, 0.25) is 0 Å². The van der Waals surface area contributed by atoms with Crippen molar-refractivity contribution in [2.75, 3.05) is 0 Å². The van der Waals surface area contributed by atoms with Gasteiger partial charge in [-0.3, -0.25) is 4.98 Å². The Kier molecular flexibility index (Phi) is 7.37. The van der Waals surface area contributed by atoms with Crippen LogP contribution in [-0.2, 0) is 27.1 Å². The average Bonchev–Trinajstić information content (AvgIpc) is 3.96. The van der Waals surface area contributed by atoms with E-state index in [-0.39, 0.29) is 33.8 Å². The number of aromatic nitrogens is 4. The molecule has 0 radical (unpaired) electrons. The maximum Gasteiger partial charge on any atom is 0.252 e. The van der Waals surface area contributed by atoms with Crippen molar-refractivity contribution in [2.24, 2.45) is 0 Å². The first kappa shape index (κ1) is 40.2. The van der Waals surface area contributed by atoms with Gasteiger partial charge in [-0.25, -0.2) is 0 Å². The van der Waals surface area contributed by atoms with Crippen molar-refractivity contribution >= 4 is 105 Å². The van der Waals surface area contributed by atoms with Gasteiger partial charge in [0, 0.05) is 49.4 Å². The lowest BCUT2D eigenvalue weighted by Crippen LogP contribution is -2.59. The van der Waals surface area contributed by atoms with Crippen molar-refractivity contribution in [3.8, 4) is 11.4 Å². The van der Waals surface area contributed by atoms with Crippen LogP contribution in [0.25, 0.3) is 93.2 Å². The van der Waals surface area contributed by atoms with Crippen LogP contribution in [0.5, 0.6) is 0 Å². The van der Waals surface area contributed by atoms with Crippen LogP contribution in [0.4, 0.5) is 0 Å². The molecule has 0 unspecified atom stereocenters. The highest BCUT2D eigenvalue weighted by molar-refractivity contribution is 7.01. The van der Waals surface area contributed by atoms with E-state index in [1.165, 1.54) is 132 Å². The predicted molar refractivity (Wildman–Crippen MR) is 286 cm³/mol. The molecule has 0 aliphatic carbocycles. The van der Waals surface area contributed by atoms with Crippen molar-refractivity contribution in [3.63, 3.8) is 0 Å². The summed E-state index contributed by atoms with van der Waals surface area (Å²) < 4.78 is 8.04. The first-order chi connectivity index (χ1) is 30.9. The lowest BCUT2D eigenvalue weighted by molar-refractivity contribution is 0.590. The Hall–Kier alpha value is -6.07. The summed E-state index contributed by atoms with van der Waals surface area (Å²) in [6, 6.07) is 36.8. The third kappa shape index (κ3) is 4.99. The van der Waals surface area contributed by atoms with Gasteiger partial charge in [-0.1, -0.05) is 134 Å². The molecule has 7 heterocycles. The van der Waals surface area contributed by atoms with E-state index >= 15 is 0 Å². The van der Waals surface area contributed by atoms with E-state index in [1.54, 1.807) is 0 Å². The molecule has 0 atom stereocenters. The lowest BCUT2D eigenvalue weighted by atomic mass is 9.34. The van der Waals surface area contributed by atoms with Gasteiger partial charge in [-0.2, -0.15) is 0 Å². The van der Waals surface area contributed by atoms with E-state index in [1.807, 2.05) is 0 Å². The van der Waals surface area contributed by atoms with E-state index in [0.29, 0.717) is 0 Å². The second kappa shape index (κ2) is 12.1. The summed E-state index contributed by atoms with van der Waals surface area (Å²) in [6.45, 7) is 35.3. The largest absolute Gasteiger partial charge is 0.309 e. The van der Waals surface area contributed by atoms with Crippen molar-refractivity contribution in [2.45, 2.75) is 131 Å². The Labute approximate surface area is 389 Å². The summed E-state index contributed by atoms with van der Waals surface area (Å²) in [4.78, 5) is 5.35. The molecule has 0 N–H and O–H groups in total. The van der Waals surface area contributed by atoms with Crippen LogP contribution in [0.1, 0.15) is 132 Å². The van der Waals surface area contributed by atoms with E-state index in [9.17, 15) is 0 Å².